The van der Waals surface area contributed by atoms with Crippen molar-refractivity contribution in [2.24, 2.45) is 0 Å². The molecule has 0 aromatic carbocycles. The van der Waals surface area contributed by atoms with Gasteiger partial charge in [0, 0.05) is 12.8 Å². The van der Waals surface area contributed by atoms with E-state index in [9.17, 15) is 0 Å². The number of pyridine rings is 2. The number of fused-ring (bicyclic) bond motifs is 3. The van der Waals surface area contributed by atoms with Gasteiger partial charge in [0.05, 0.1) is 5.52 Å². The summed E-state index contributed by atoms with van der Waals surface area (Å²) in [6.45, 7) is 3.01. The van der Waals surface area contributed by atoms with Crippen molar-refractivity contribution in [3.8, 4) is 0 Å². The molecule has 3 N–H and O–H groups in total. The van der Waals surface area contributed by atoms with Crippen molar-refractivity contribution in [2.75, 3.05) is 12.3 Å². The highest BCUT2D eigenvalue weighted by Crippen LogP contribution is 2.24. The minimum Gasteiger partial charge on any atom is -0.382 e. The number of nitrogen functional groups attached to an aromatic ring is 1. The van der Waals surface area contributed by atoms with E-state index < -0.39 is 0 Å². The Labute approximate surface area is 103 Å². The van der Waals surface area contributed by atoms with Crippen LogP contribution in [-0.2, 0) is 11.3 Å². The van der Waals surface area contributed by atoms with E-state index >= 15 is 0 Å². The van der Waals surface area contributed by atoms with Gasteiger partial charge in [0.2, 0.25) is 0 Å². The molecule has 6 nitrogen and oxygen atoms in total. The number of nitrogens with zero attached hydrogens (tertiary/aromatic N) is 3. The summed E-state index contributed by atoms with van der Waals surface area (Å²) < 4.78 is 5.33. The van der Waals surface area contributed by atoms with Gasteiger partial charge < -0.3 is 15.5 Å². The van der Waals surface area contributed by atoms with Gasteiger partial charge in [-0.1, -0.05) is 0 Å². The predicted molar refractivity (Wildman–Crippen MR) is 68.9 cm³/mol. The van der Waals surface area contributed by atoms with Crippen LogP contribution in [-0.4, -0.2) is 26.5 Å². The quantitative estimate of drug-likeness (QED) is 0.729. The summed E-state index contributed by atoms with van der Waals surface area (Å²) in [4.78, 5) is 16.2. The van der Waals surface area contributed by atoms with Gasteiger partial charge in [-0.2, -0.15) is 0 Å². The summed E-state index contributed by atoms with van der Waals surface area (Å²) in [6.07, 6.45) is 1.72. The normalized spacial score (nSPS) is 11.4. The molecule has 0 unspecified atom stereocenters. The fourth-order valence-corrected chi connectivity index (χ4v) is 1.90. The Balaban J connectivity index is 2.24. The fraction of sp³-hybridized carbons (Fsp3) is 0.250. The Morgan fingerprint density at radius 2 is 2.22 bits per heavy atom. The first-order valence-electron chi connectivity index (χ1n) is 5.76. The molecule has 0 bridgehead atoms. The fourth-order valence-electron chi connectivity index (χ4n) is 1.90. The maximum atomic E-state index is 5.91. The Kier molecular flexibility index (Phi) is 2.56. The zero-order valence-corrected chi connectivity index (χ0v) is 9.97. The lowest BCUT2D eigenvalue weighted by atomic mass is 10.3. The largest absolute Gasteiger partial charge is 0.382 e. The van der Waals surface area contributed by atoms with E-state index in [2.05, 4.69) is 19.9 Å². The third-order valence-corrected chi connectivity index (χ3v) is 2.70. The zero-order chi connectivity index (χ0) is 12.5. The van der Waals surface area contributed by atoms with Crippen LogP contribution in [0.15, 0.2) is 18.3 Å². The summed E-state index contributed by atoms with van der Waals surface area (Å²) >= 11 is 0. The highest BCUT2D eigenvalue weighted by atomic mass is 16.5. The first-order chi connectivity index (χ1) is 8.79. The number of aromatic amines is 1. The summed E-state index contributed by atoms with van der Waals surface area (Å²) in [5.41, 5.74) is 8.87. The van der Waals surface area contributed by atoms with Gasteiger partial charge in [0.15, 0.2) is 0 Å². The Morgan fingerprint density at radius 1 is 1.33 bits per heavy atom. The average molecular weight is 243 g/mol. The third-order valence-electron chi connectivity index (χ3n) is 2.70. The molecule has 6 heteroatoms. The molecular weight excluding hydrogens is 230 g/mol. The van der Waals surface area contributed by atoms with Crippen LogP contribution in [0.1, 0.15) is 12.7 Å². The van der Waals surface area contributed by atoms with Crippen LogP contribution in [0.25, 0.3) is 22.1 Å². The number of H-pyrrole nitrogens is 1. The maximum Gasteiger partial charge on any atom is 0.150 e. The second-order valence-corrected chi connectivity index (χ2v) is 3.91. The van der Waals surface area contributed by atoms with Crippen LogP contribution in [0.4, 0.5) is 5.82 Å². The van der Waals surface area contributed by atoms with E-state index in [1.54, 1.807) is 6.20 Å². The number of nitrogens with one attached hydrogen (secondary N) is 1. The van der Waals surface area contributed by atoms with Crippen LogP contribution < -0.4 is 5.73 Å². The smallest absolute Gasteiger partial charge is 0.150 e. The summed E-state index contributed by atoms with van der Waals surface area (Å²) in [7, 11) is 0. The van der Waals surface area contributed by atoms with Crippen LogP contribution >= 0.6 is 0 Å². The number of aromatic nitrogens is 4. The average Bonchev–Trinajstić information content (AvgIpc) is 2.81. The highest BCUT2D eigenvalue weighted by Gasteiger charge is 2.12. The lowest BCUT2D eigenvalue weighted by Gasteiger charge is -1.99. The Morgan fingerprint density at radius 3 is 3.06 bits per heavy atom. The SMILES string of the molecule is CCOCc1nc2c([nH]1)c(N)nc1cccnc12. The standard InChI is InChI=1S/C12H13N5O/c1-2-18-6-8-16-10-9-7(4-3-5-14-9)15-12(13)11(10)17-8/h3-5H,2,6H2,1H3,(H2,13,15)(H,16,17). The number of nitrogens with two attached hydrogens (primary N) is 1. The number of anilines is 1. The van der Waals surface area contributed by atoms with E-state index in [1.165, 1.54) is 0 Å². The van der Waals surface area contributed by atoms with Crippen LogP contribution in [0.5, 0.6) is 0 Å². The van der Waals surface area contributed by atoms with E-state index in [-0.39, 0.29) is 0 Å². The molecule has 0 amide bonds. The molecule has 18 heavy (non-hydrogen) atoms. The van der Waals surface area contributed by atoms with Crippen molar-refractivity contribution >= 4 is 27.9 Å². The molecule has 3 aromatic rings. The Bertz CT molecular complexity index is 706. The second-order valence-electron chi connectivity index (χ2n) is 3.91. The molecular formula is C12H13N5O. The van der Waals surface area contributed by atoms with Crippen LogP contribution in [0.3, 0.4) is 0 Å². The molecule has 3 rings (SSSR count). The first-order valence-corrected chi connectivity index (χ1v) is 5.76. The van der Waals surface area contributed by atoms with Crippen molar-refractivity contribution in [2.45, 2.75) is 13.5 Å². The zero-order valence-electron chi connectivity index (χ0n) is 9.97. The van der Waals surface area contributed by atoms with Crippen LogP contribution in [0, 0.1) is 0 Å². The maximum absolute atomic E-state index is 5.91. The van der Waals surface area contributed by atoms with Crippen molar-refractivity contribution in [1.82, 2.24) is 19.9 Å². The topological polar surface area (TPSA) is 89.7 Å². The van der Waals surface area contributed by atoms with E-state index in [1.807, 2.05) is 19.1 Å². The number of imidazole rings is 1. The van der Waals surface area contributed by atoms with Crippen LogP contribution in [0.2, 0.25) is 0 Å². The minimum atomic E-state index is 0.430. The van der Waals surface area contributed by atoms with Gasteiger partial charge in [-0.15, -0.1) is 0 Å². The Hall–Kier alpha value is -2.21. The molecule has 0 aliphatic heterocycles. The van der Waals surface area contributed by atoms with Gasteiger partial charge in [-0.05, 0) is 19.1 Å². The van der Waals surface area contributed by atoms with E-state index in [4.69, 9.17) is 10.5 Å². The third kappa shape index (κ3) is 1.67. The highest BCUT2D eigenvalue weighted by molar-refractivity contribution is 6.03. The molecule has 0 saturated carbocycles. The molecule has 0 saturated heterocycles. The van der Waals surface area contributed by atoms with Gasteiger partial charge >= 0.3 is 0 Å². The molecule has 0 atom stereocenters. The first kappa shape index (κ1) is 10.9. The monoisotopic (exact) mass is 243 g/mol. The number of hydrogen-bond acceptors (Lipinski definition) is 5. The minimum absolute atomic E-state index is 0.430. The molecule has 0 spiro atoms. The molecule has 3 aromatic heterocycles. The summed E-state index contributed by atoms with van der Waals surface area (Å²) in [5, 5.41) is 0. The van der Waals surface area contributed by atoms with Crippen molar-refractivity contribution in [1.29, 1.82) is 0 Å². The predicted octanol–water partition coefficient (Wildman–Crippen LogP) is 1.62. The summed E-state index contributed by atoms with van der Waals surface area (Å²) in [5.74, 6) is 1.17. The van der Waals surface area contributed by atoms with E-state index in [0.717, 1.165) is 27.9 Å². The lowest BCUT2D eigenvalue weighted by molar-refractivity contribution is 0.129. The summed E-state index contributed by atoms with van der Waals surface area (Å²) in [6, 6.07) is 3.70. The molecule has 0 radical (unpaired) electrons. The molecule has 0 aliphatic rings. The number of ether oxygens (including phenoxy) is 1. The molecule has 0 aliphatic carbocycles. The van der Waals surface area contributed by atoms with Crippen molar-refractivity contribution in [3.05, 3.63) is 24.2 Å². The van der Waals surface area contributed by atoms with Crippen molar-refractivity contribution in [3.63, 3.8) is 0 Å². The van der Waals surface area contributed by atoms with Gasteiger partial charge in [-0.3, -0.25) is 4.98 Å². The van der Waals surface area contributed by atoms with Gasteiger partial charge in [0.1, 0.15) is 34.8 Å². The lowest BCUT2D eigenvalue weighted by Crippen LogP contribution is -1.94. The number of rotatable bonds is 3. The van der Waals surface area contributed by atoms with Crippen molar-refractivity contribution < 1.29 is 4.74 Å². The molecule has 3 heterocycles. The molecule has 92 valence electrons. The van der Waals surface area contributed by atoms with Gasteiger partial charge in [0.25, 0.3) is 0 Å². The number of hydrogen-bond donors (Lipinski definition) is 2. The van der Waals surface area contributed by atoms with E-state index in [0.29, 0.717) is 19.0 Å². The second kappa shape index (κ2) is 4.23. The molecule has 0 fully saturated rings. The van der Waals surface area contributed by atoms with Gasteiger partial charge in [-0.25, -0.2) is 9.97 Å².